The molecule has 1 saturated heterocycles. The van der Waals surface area contributed by atoms with Crippen LogP contribution in [0.3, 0.4) is 0 Å². The van der Waals surface area contributed by atoms with E-state index >= 15 is 0 Å². The van der Waals surface area contributed by atoms with Crippen molar-refractivity contribution in [3.8, 4) is 0 Å². The number of aromatic nitrogens is 2. The molecule has 1 saturated carbocycles. The van der Waals surface area contributed by atoms with Crippen LogP contribution in [0.25, 0.3) is 0 Å². The van der Waals surface area contributed by atoms with Crippen LogP contribution in [0.1, 0.15) is 49.1 Å². The van der Waals surface area contributed by atoms with Crippen molar-refractivity contribution in [3.05, 3.63) is 23.7 Å². The highest BCUT2D eigenvalue weighted by Crippen LogP contribution is 2.36. The molecule has 2 fully saturated rings. The van der Waals surface area contributed by atoms with E-state index in [0.717, 1.165) is 12.8 Å². The number of nitrogen functional groups attached to an aromatic ring is 1. The van der Waals surface area contributed by atoms with Gasteiger partial charge in [-0.1, -0.05) is 5.57 Å². The van der Waals surface area contributed by atoms with Gasteiger partial charge < -0.3 is 20.9 Å². The molecule has 2 aliphatic rings. The van der Waals surface area contributed by atoms with Gasteiger partial charge in [0.15, 0.2) is 5.69 Å². The topological polar surface area (TPSA) is 107 Å². The molecule has 1 aromatic heterocycles. The summed E-state index contributed by atoms with van der Waals surface area (Å²) in [4.78, 5) is 29.4. The van der Waals surface area contributed by atoms with E-state index in [-0.39, 0.29) is 17.6 Å². The number of imidazole rings is 1. The highest BCUT2D eigenvalue weighted by atomic mass is 16.2. The Morgan fingerprint density at radius 1 is 1.26 bits per heavy atom. The predicted octanol–water partition coefficient (Wildman–Crippen LogP) is 1.08. The number of anilines is 1. The number of carbonyl (C=O) groups excluding carboxylic acids is 2. The van der Waals surface area contributed by atoms with Crippen LogP contribution in [0.2, 0.25) is 0 Å². The molecule has 0 aromatic carbocycles. The van der Waals surface area contributed by atoms with Gasteiger partial charge >= 0.3 is 0 Å². The van der Waals surface area contributed by atoms with Gasteiger partial charge in [-0.25, -0.2) is 4.98 Å². The molecule has 7 nitrogen and oxygen atoms in total. The number of rotatable bonds is 4. The maximum Gasteiger partial charge on any atom is 0.271 e. The zero-order valence-electron chi connectivity index (χ0n) is 13.4. The van der Waals surface area contributed by atoms with Crippen LogP contribution in [0.4, 0.5) is 5.82 Å². The van der Waals surface area contributed by atoms with Gasteiger partial charge in [0.05, 0.1) is 6.33 Å². The fraction of sp³-hybridized carbons (Fsp3) is 0.562. The van der Waals surface area contributed by atoms with Crippen LogP contribution in [0.5, 0.6) is 0 Å². The molecule has 7 heteroatoms. The Bertz CT molecular complexity index is 651. The molecule has 1 aliphatic carbocycles. The third-order valence-electron chi connectivity index (χ3n) is 4.81. The van der Waals surface area contributed by atoms with Crippen molar-refractivity contribution in [1.29, 1.82) is 0 Å². The quantitative estimate of drug-likeness (QED) is 0.810. The standard InChI is InChI=1S/C16H23N5O2/c1-10(11-2-3-11)8-13(22)20-6-4-12(5-7-20)21-9-19-14(15(21)17)16(18)23/h8-9,11-12H,2-7,17H2,1H3,(H2,18,23)/b10-8+. The van der Waals surface area contributed by atoms with E-state index < -0.39 is 5.91 Å². The molecule has 0 atom stereocenters. The predicted molar refractivity (Wildman–Crippen MR) is 86.5 cm³/mol. The lowest BCUT2D eigenvalue weighted by Crippen LogP contribution is -2.38. The van der Waals surface area contributed by atoms with E-state index in [9.17, 15) is 9.59 Å². The van der Waals surface area contributed by atoms with Crippen molar-refractivity contribution in [2.75, 3.05) is 18.8 Å². The molecule has 1 aliphatic heterocycles. The molecule has 3 rings (SSSR count). The number of nitrogens with two attached hydrogens (primary N) is 2. The smallest absolute Gasteiger partial charge is 0.271 e. The van der Waals surface area contributed by atoms with Crippen molar-refractivity contribution >= 4 is 17.6 Å². The molecule has 1 aromatic rings. The molecular weight excluding hydrogens is 294 g/mol. The number of hydrogen-bond donors (Lipinski definition) is 2. The van der Waals surface area contributed by atoms with Gasteiger partial charge in [0, 0.05) is 25.2 Å². The summed E-state index contributed by atoms with van der Waals surface area (Å²) in [5.74, 6) is 0.417. The second-order valence-corrected chi connectivity index (χ2v) is 6.47. The van der Waals surface area contributed by atoms with Crippen LogP contribution >= 0.6 is 0 Å². The van der Waals surface area contributed by atoms with Crippen LogP contribution in [0.15, 0.2) is 18.0 Å². The van der Waals surface area contributed by atoms with E-state index in [1.807, 2.05) is 11.8 Å². The molecule has 0 spiro atoms. The molecule has 23 heavy (non-hydrogen) atoms. The van der Waals surface area contributed by atoms with Gasteiger partial charge in [0.25, 0.3) is 5.91 Å². The summed E-state index contributed by atoms with van der Waals surface area (Å²) in [5.41, 5.74) is 12.5. The number of allylic oxidation sites excluding steroid dienone is 1. The van der Waals surface area contributed by atoms with Crippen LogP contribution in [-0.2, 0) is 4.79 Å². The lowest BCUT2D eigenvalue weighted by molar-refractivity contribution is -0.127. The van der Waals surface area contributed by atoms with Crippen molar-refractivity contribution in [1.82, 2.24) is 14.5 Å². The highest BCUT2D eigenvalue weighted by Gasteiger charge is 2.27. The van der Waals surface area contributed by atoms with Crippen LogP contribution < -0.4 is 11.5 Å². The van der Waals surface area contributed by atoms with Crippen LogP contribution in [0, 0.1) is 5.92 Å². The van der Waals surface area contributed by atoms with E-state index in [1.165, 1.54) is 18.4 Å². The number of nitrogens with zero attached hydrogens (tertiary/aromatic N) is 3. The maximum absolute atomic E-state index is 12.3. The van der Waals surface area contributed by atoms with Crippen molar-refractivity contribution in [2.45, 2.75) is 38.6 Å². The lowest BCUT2D eigenvalue weighted by Gasteiger charge is -2.32. The van der Waals surface area contributed by atoms with E-state index in [4.69, 9.17) is 11.5 Å². The Kier molecular flexibility index (Phi) is 4.11. The summed E-state index contributed by atoms with van der Waals surface area (Å²) in [7, 11) is 0. The number of hydrogen-bond acceptors (Lipinski definition) is 4. The fourth-order valence-electron chi connectivity index (χ4n) is 3.16. The van der Waals surface area contributed by atoms with Gasteiger partial charge in [-0.2, -0.15) is 0 Å². The summed E-state index contributed by atoms with van der Waals surface area (Å²) < 4.78 is 1.80. The molecule has 0 bridgehead atoms. The normalized spacial score (nSPS) is 19.9. The highest BCUT2D eigenvalue weighted by molar-refractivity contribution is 5.95. The van der Waals surface area contributed by atoms with Crippen LogP contribution in [-0.4, -0.2) is 39.4 Å². The molecule has 0 unspecified atom stereocenters. The molecular formula is C16H23N5O2. The summed E-state index contributed by atoms with van der Waals surface area (Å²) in [6.45, 7) is 3.41. The number of amides is 2. The zero-order valence-corrected chi connectivity index (χ0v) is 13.4. The molecule has 4 N–H and O–H groups in total. The first-order valence-corrected chi connectivity index (χ1v) is 8.06. The van der Waals surface area contributed by atoms with Gasteiger partial charge in [-0.15, -0.1) is 0 Å². The third-order valence-corrected chi connectivity index (χ3v) is 4.81. The minimum Gasteiger partial charge on any atom is -0.383 e. The van der Waals surface area contributed by atoms with Gasteiger partial charge in [-0.3, -0.25) is 9.59 Å². The van der Waals surface area contributed by atoms with Crippen molar-refractivity contribution < 1.29 is 9.59 Å². The summed E-state index contributed by atoms with van der Waals surface area (Å²) in [5, 5.41) is 0. The maximum atomic E-state index is 12.3. The third kappa shape index (κ3) is 3.23. The first-order chi connectivity index (χ1) is 11.0. The molecule has 0 radical (unpaired) electrons. The fourth-order valence-corrected chi connectivity index (χ4v) is 3.16. The summed E-state index contributed by atoms with van der Waals surface area (Å²) >= 11 is 0. The number of likely N-dealkylation sites (tertiary alicyclic amines) is 1. The Morgan fingerprint density at radius 3 is 2.43 bits per heavy atom. The van der Waals surface area contributed by atoms with E-state index in [0.29, 0.717) is 24.8 Å². The van der Waals surface area contributed by atoms with Gasteiger partial charge in [0.2, 0.25) is 5.91 Å². The average molecular weight is 317 g/mol. The first kappa shape index (κ1) is 15.6. The number of piperidine rings is 1. The minimum atomic E-state index is -0.616. The molecule has 2 heterocycles. The second kappa shape index (κ2) is 6.06. The summed E-state index contributed by atoms with van der Waals surface area (Å²) in [6, 6.07) is 0.146. The first-order valence-electron chi connectivity index (χ1n) is 8.06. The Hall–Kier alpha value is -2.31. The monoisotopic (exact) mass is 317 g/mol. The number of primary amides is 1. The van der Waals surface area contributed by atoms with E-state index in [2.05, 4.69) is 4.98 Å². The van der Waals surface area contributed by atoms with Crippen molar-refractivity contribution in [2.24, 2.45) is 11.7 Å². The van der Waals surface area contributed by atoms with Gasteiger partial charge in [0.1, 0.15) is 5.82 Å². The average Bonchev–Trinajstić information content (AvgIpc) is 3.30. The largest absolute Gasteiger partial charge is 0.383 e. The molecule has 124 valence electrons. The Labute approximate surface area is 135 Å². The Morgan fingerprint density at radius 2 is 1.91 bits per heavy atom. The van der Waals surface area contributed by atoms with E-state index in [1.54, 1.807) is 17.0 Å². The van der Waals surface area contributed by atoms with Crippen molar-refractivity contribution in [3.63, 3.8) is 0 Å². The van der Waals surface area contributed by atoms with Gasteiger partial charge in [-0.05, 0) is 38.5 Å². The second-order valence-electron chi connectivity index (χ2n) is 6.47. The SMILES string of the molecule is C/C(=C\C(=O)N1CCC(n2cnc(C(N)=O)c2N)CC1)C1CC1. The summed E-state index contributed by atoms with van der Waals surface area (Å²) in [6.07, 6.45) is 7.35. The lowest BCUT2D eigenvalue weighted by atomic mass is 10.0. The zero-order chi connectivity index (χ0) is 16.6. The molecule has 2 amide bonds. The Balaban J connectivity index is 1.61. The minimum absolute atomic E-state index is 0.101. The number of carbonyl (C=O) groups is 2.